The van der Waals surface area contributed by atoms with E-state index in [1.54, 1.807) is 19.1 Å². The lowest BCUT2D eigenvalue weighted by Gasteiger charge is -2.11. The third-order valence-corrected chi connectivity index (χ3v) is 4.55. The van der Waals surface area contributed by atoms with E-state index >= 15 is 0 Å². The Labute approximate surface area is 177 Å². The van der Waals surface area contributed by atoms with Crippen molar-refractivity contribution in [1.29, 1.82) is 0 Å². The average Bonchev–Trinajstić information content (AvgIpc) is 2.70. The van der Waals surface area contributed by atoms with E-state index in [1.807, 2.05) is 19.9 Å². The molecule has 1 atom stereocenters. The Hall–Kier alpha value is -3.09. The molecular weight excluding hydrogens is 386 g/mol. The molecule has 0 spiro atoms. The molecule has 0 aliphatic carbocycles. The van der Waals surface area contributed by atoms with Gasteiger partial charge in [-0.05, 0) is 38.7 Å². The molecule has 7 heteroatoms. The van der Waals surface area contributed by atoms with E-state index in [4.69, 9.17) is 4.42 Å². The van der Waals surface area contributed by atoms with Crippen molar-refractivity contribution in [2.75, 3.05) is 7.11 Å². The van der Waals surface area contributed by atoms with Gasteiger partial charge in [-0.2, -0.15) is 0 Å². The second kappa shape index (κ2) is 12.5. The minimum Gasteiger partial charge on any atom is -0.507 e. The molecule has 30 heavy (non-hydrogen) atoms. The van der Waals surface area contributed by atoms with Gasteiger partial charge in [0.2, 0.25) is 0 Å². The standard InChI is InChI=1S/C23H31NO6/c1-6-9-15(2)11-12-17(4)21(26)20-18(25)14-19(30-22(20)27)16(3)10-7-8-13-24-23(28)29-5/h8,11-14,16,25H,6-7,9-10H2,1-5H3,(H,24,28)/b13-8+,15-11+,17-12+/t16-/m1/s1. The fraction of sp³-hybridized carbons (Fsp3) is 0.435. The molecule has 1 amide bonds. The van der Waals surface area contributed by atoms with Crippen molar-refractivity contribution < 1.29 is 23.8 Å². The van der Waals surface area contributed by atoms with E-state index in [-0.39, 0.29) is 17.2 Å². The highest BCUT2D eigenvalue weighted by Gasteiger charge is 2.21. The molecule has 164 valence electrons. The lowest BCUT2D eigenvalue weighted by atomic mass is 9.99. The first-order chi connectivity index (χ1) is 14.2. The van der Waals surface area contributed by atoms with E-state index in [9.17, 15) is 19.5 Å². The van der Waals surface area contributed by atoms with Crippen molar-refractivity contribution in [3.63, 3.8) is 0 Å². The van der Waals surface area contributed by atoms with Crippen molar-refractivity contribution in [3.8, 4) is 5.75 Å². The largest absolute Gasteiger partial charge is 0.507 e. The highest BCUT2D eigenvalue weighted by molar-refractivity contribution is 6.09. The number of carbonyl (C=O) groups is 2. The van der Waals surface area contributed by atoms with Crippen molar-refractivity contribution in [2.24, 2.45) is 0 Å². The monoisotopic (exact) mass is 417 g/mol. The summed E-state index contributed by atoms with van der Waals surface area (Å²) in [7, 11) is 1.27. The van der Waals surface area contributed by atoms with Gasteiger partial charge in [-0.1, -0.05) is 44.1 Å². The van der Waals surface area contributed by atoms with Gasteiger partial charge >= 0.3 is 11.7 Å². The Kier molecular flexibility index (Phi) is 10.4. The van der Waals surface area contributed by atoms with Crippen molar-refractivity contribution in [2.45, 2.75) is 59.3 Å². The SMILES string of the molecule is CCC/C(C)=C/C=C(\C)C(=O)c1c(O)cc([C@H](C)CC/C=C/NC(=O)OC)oc1=O. The van der Waals surface area contributed by atoms with E-state index in [1.165, 1.54) is 19.4 Å². The number of aromatic hydroxyl groups is 1. The molecule has 2 N–H and O–H groups in total. The fourth-order valence-electron chi connectivity index (χ4n) is 2.73. The first kappa shape index (κ1) is 24.9. The van der Waals surface area contributed by atoms with E-state index in [0.717, 1.165) is 18.4 Å². The number of amides is 1. The van der Waals surface area contributed by atoms with Gasteiger partial charge in [-0.15, -0.1) is 0 Å². The van der Waals surface area contributed by atoms with Crippen LogP contribution in [-0.4, -0.2) is 24.1 Å². The lowest BCUT2D eigenvalue weighted by Crippen LogP contribution is -2.16. The quantitative estimate of drug-likeness (QED) is 0.316. The van der Waals surface area contributed by atoms with Crippen molar-refractivity contribution >= 4 is 11.9 Å². The molecule has 1 aromatic rings. The molecule has 0 saturated heterocycles. The van der Waals surface area contributed by atoms with Gasteiger partial charge in [0.05, 0.1) is 7.11 Å². The maximum atomic E-state index is 12.6. The van der Waals surface area contributed by atoms with Crippen LogP contribution in [0.3, 0.4) is 0 Å². The Morgan fingerprint density at radius 3 is 2.60 bits per heavy atom. The van der Waals surface area contributed by atoms with Crippen LogP contribution in [0.15, 0.2) is 50.9 Å². The third-order valence-electron chi connectivity index (χ3n) is 4.55. The summed E-state index contributed by atoms with van der Waals surface area (Å²) in [5.41, 5.74) is 0.258. The van der Waals surface area contributed by atoms with Crippen LogP contribution in [0.25, 0.3) is 0 Å². The van der Waals surface area contributed by atoms with Crippen LogP contribution in [0, 0.1) is 0 Å². The summed E-state index contributed by atoms with van der Waals surface area (Å²) in [5, 5.41) is 12.7. The summed E-state index contributed by atoms with van der Waals surface area (Å²) < 4.78 is 9.75. The number of rotatable bonds is 10. The second-order valence-corrected chi connectivity index (χ2v) is 7.15. The molecule has 0 aliphatic rings. The summed E-state index contributed by atoms with van der Waals surface area (Å²) >= 11 is 0. The summed E-state index contributed by atoms with van der Waals surface area (Å²) in [4.78, 5) is 35.9. The second-order valence-electron chi connectivity index (χ2n) is 7.15. The zero-order valence-corrected chi connectivity index (χ0v) is 18.3. The zero-order valence-electron chi connectivity index (χ0n) is 18.3. The minimum atomic E-state index is -0.855. The molecule has 0 radical (unpaired) electrons. The normalized spacial score (nSPS) is 13.4. The maximum Gasteiger partial charge on any atom is 0.410 e. The van der Waals surface area contributed by atoms with E-state index in [0.29, 0.717) is 24.2 Å². The molecular formula is C23H31NO6. The van der Waals surface area contributed by atoms with Gasteiger partial charge in [0, 0.05) is 18.2 Å². The smallest absolute Gasteiger partial charge is 0.410 e. The van der Waals surface area contributed by atoms with Crippen LogP contribution in [-0.2, 0) is 4.74 Å². The molecule has 0 aromatic carbocycles. The van der Waals surface area contributed by atoms with Gasteiger partial charge in [-0.25, -0.2) is 9.59 Å². The first-order valence-electron chi connectivity index (χ1n) is 9.96. The van der Waals surface area contributed by atoms with Crippen LogP contribution < -0.4 is 10.9 Å². The number of hydrogen-bond donors (Lipinski definition) is 2. The van der Waals surface area contributed by atoms with Crippen LogP contribution >= 0.6 is 0 Å². The van der Waals surface area contributed by atoms with Crippen LogP contribution in [0.2, 0.25) is 0 Å². The molecule has 0 unspecified atom stereocenters. The van der Waals surface area contributed by atoms with E-state index < -0.39 is 17.5 Å². The number of methoxy groups -OCH3 is 1. The van der Waals surface area contributed by atoms with E-state index in [2.05, 4.69) is 17.0 Å². The molecule has 1 aromatic heterocycles. The molecule has 7 nitrogen and oxygen atoms in total. The van der Waals surface area contributed by atoms with Gasteiger partial charge < -0.3 is 14.3 Å². The molecule has 0 saturated carbocycles. The predicted molar refractivity (Wildman–Crippen MR) is 116 cm³/mol. The van der Waals surface area contributed by atoms with Crippen LogP contribution in [0.4, 0.5) is 4.79 Å². The topological polar surface area (TPSA) is 106 Å². The Bertz CT molecular complexity index is 891. The highest BCUT2D eigenvalue weighted by atomic mass is 16.5. The lowest BCUT2D eigenvalue weighted by molar-refractivity contribution is 0.102. The molecule has 0 aliphatic heterocycles. The third kappa shape index (κ3) is 7.73. The Morgan fingerprint density at radius 1 is 1.30 bits per heavy atom. The number of alkyl carbamates (subject to hydrolysis) is 1. The maximum absolute atomic E-state index is 12.6. The van der Waals surface area contributed by atoms with Gasteiger partial charge in [0.25, 0.3) is 0 Å². The molecule has 0 fully saturated rings. The number of ketones is 1. The minimum absolute atomic E-state index is 0.174. The number of Topliss-reactive ketones (excluding diaryl/α,β-unsaturated/α-hetero) is 1. The Morgan fingerprint density at radius 2 is 2.00 bits per heavy atom. The number of ether oxygens (including phenoxy) is 1. The fourth-order valence-corrected chi connectivity index (χ4v) is 2.73. The zero-order chi connectivity index (χ0) is 22.7. The predicted octanol–water partition coefficient (Wildman–Crippen LogP) is 4.97. The van der Waals surface area contributed by atoms with Gasteiger partial charge in [0.1, 0.15) is 17.1 Å². The number of allylic oxidation sites excluding steroid dienone is 5. The summed E-state index contributed by atoms with van der Waals surface area (Å²) in [6.45, 7) is 7.48. The number of carbonyl (C=O) groups excluding carboxylic acids is 2. The van der Waals surface area contributed by atoms with Crippen molar-refractivity contribution in [1.82, 2.24) is 5.32 Å². The van der Waals surface area contributed by atoms with Crippen molar-refractivity contribution in [3.05, 3.63) is 63.4 Å². The molecule has 1 rings (SSSR count). The molecule has 0 bridgehead atoms. The number of hydrogen-bond acceptors (Lipinski definition) is 6. The summed E-state index contributed by atoms with van der Waals surface area (Å²) in [6, 6.07) is 1.32. The first-order valence-corrected chi connectivity index (χ1v) is 9.96. The number of nitrogens with one attached hydrogen (secondary N) is 1. The molecule has 1 heterocycles. The van der Waals surface area contributed by atoms with Crippen LogP contribution in [0.1, 0.15) is 75.4 Å². The Balaban J connectivity index is 2.89. The average molecular weight is 418 g/mol. The van der Waals surface area contributed by atoms with Gasteiger partial charge in [0.15, 0.2) is 5.78 Å². The summed E-state index contributed by atoms with van der Waals surface area (Å²) in [5.74, 6) is -0.823. The van der Waals surface area contributed by atoms with Gasteiger partial charge in [-0.3, -0.25) is 10.1 Å². The highest BCUT2D eigenvalue weighted by Crippen LogP contribution is 2.26. The summed E-state index contributed by atoms with van der Waals surface area (Å²) in [6.07, 6.45) is 9.28. The van der Waals surface area contributed by atoms with Crippen LogP contribution in [0.5, 0.6) is 5.75 Å².